The largest absolute Gasteiger partial charge is 0.497 e. The van der Waals surface area contributed by atoms with Gasteiger partial charge in [0, 0.05) is 36.9 Å². The van der Waals surface area contributed by atoms with Crippen molar-refractivity contribution < 1.29 is 14.3 Å². The Bertz CT molecular complexity index is 553. The molecule has 128 valence electrons. The number of methoxy groups -OCH3 is 1. The molecule has 1 amide bonds. The zero-order valence-corrected chi connectivity index (χ0v) is 15.0. The molecule has 23 heavy (non-hydrogen) atoms. The van der Waals surface area contributed by atoms with E-state index >= 15 is 0 Å². The van der Waals surface area contributed by atoms with Crippen LogP contribution in [0.2, 0.25) is 0 Å². The molecule has 2 unspecified atom stereocenters. The first-order valence-electron chi connectivity index (χ1n) is 8.11. The van der Waals surface area contributed by atoms with Crippen LogP contribution in [-0.2, 0) is 4.74 Å². The maximum atomic E-state index is 12.4. The summed E-state index contributed by atoms with van der Waals surface area (Å²) >= 11 is 0. The average molecular weight is 320 g/mol. The van der Waals surface area contributed by atoms with Gasteiger partial charge < -0.3 is 19.3 Å². The van der Waals surface area contributed by atoms with Crippen LogP contribution in [0.15, 0.2) is 24.3 Å². The van der Waals surface area contributed by atoms with Crippen molar-refractivity contribution in [3.05, 3.63) is 24.3 Å². The molecule has 0 spiro atoms. The molecule has 0 saturated carbocycles. The number of piperazine rings is 1. The Morgan fingerprint density at radius 2 is 1.87 bits per heavy atom. The number of nitrogens with zero attached hydrogens (tertiary/aromatic N) is 2. The molecular formula is C18H28N2O3. The highest BCUT2D eigenvalue weighted by Gasteiger charge is 2.34. The molecule has 2 rings (SSSR count). The van der Waals surface area contributed by atoms with E-state index < -0.39 is 5.60 Å². The quantitative estimate of drug-likeness (QED) is 0.836. The highest BCUT2D eigenvalue weighted by atomic mass is 16.6. The lowest BCUT2D eigenvalue weighted by Gasteiger charge is -2.45. The van der Waals surface area contributed by atoms with Gasteiger partial charge >= 0.3 is 6.09 Å². The van der Waals surface area contributed by atoms with E-state index in [1.165, 1.54) is 0 Å². The highest BCUT2D eigenvalue weighted by molar-refractivity contribution is 5.69. The fraction of sp³-hybridized carbons (Fsp3) is 0.611. The third-order valence-corrected chi connectivity index (χ3v) is 4.00. The van der Waals surface area contributed by atoms with Gasteiger partial charge in [-0.15, -0.1) is 0 Å². The monoisotopic (exact) mass is 320 g/mol. The Morgan fingerprint density at radius 3 is 2.48 bits per heavy atom. The van der Waals surface area contributed by atoms with Gasteiger partial charge in [-0.1, -0.05) is 6.07 Å². The Hall–Kier alpha value is -1.91. The number of ether oxygens (including phenoxy) is 2. The number of hydrogen-bond donors (Lipinski definition) is 0. The second kappa shape index (κ2) is 6.69. The molecule has 0 radical (unpaired) electrons. The summed E-state index contributed by atoms with van der Waals surface area (Å²) in [6.45, 7) is 11.3. The Balaban J connectivity index is 2.11. The van der Waals surface area contributed by atoms with Crippen LogP contribution in [0, 0.1) is 0 Å². The number of carbonyl (C=O) groups is 1. The number of amides is 1. The molecule has 1 aromatic carbocycles. The fourth-order valence-electron chi connectivity index (χ4n) is 2.85. The molecule has 1 heterocycles. The third-order valence-electron chi connectivity index (χ3n) is 4.00. The summed E-state index contributed by atoms with van der Waals surface area (Å²) in [5.41, 5.74) is 0.650. The van der Waals surface area contributed by atoms with Crippen molar-refractivity contribution in [2.75, 3.05) is 25.1 Å². The lowest BCUT2D eigenvalue weighted by Crippen LogP contribution is -2.59. The van der Waals surface area contributed by atoms with Crippen LogP contribution >= 0.6 is 0 Å². The molecule has 5 heteroatoms. The normalized spacial score (nSPS) is 22.0. The van der Waals surface area contributed by atoms with Gasteiger partial charge in [0.1, 0.15) is 11.4 Å². The molecule has 1 aliphatic rings. The van der Waals surface area contributed by atoms with Crippen LogP contribution in [0.25, 0.3) is 0 Å². The topological polar surface area (TPSA) is 42.0 Å². The van der Waals surface area contributed by atoms with Crippen LogP contribution in [0.5, 0.6) is 5.75 Å². The van der Waals surface area contributed by atoms with Crippen LogP contribution in [0.3, 0.4) is 0 Å². The standard InChI is InChI=1S/C18H28N2O3/c1-13-12-20(17(21)23-18(3,4)5)14(2)11-19(13)15-8-7-9-16(10-15)22-6/h7-10,13-14H,11-12H2,1-6H3. The summed E-state index contributed by atoms with van der Waals surface area (Å²) in [7, 11) is 1.67. The van der Waals surface area contributed by atoms with E-state index in [-0.39, 0.29) is 18.2 Å². The van der Waals surface area contributed by atoms with Gasteiger partial charge in [-0.2, -0.15) is 0 Å². The first-order chi connectivity index (χ1) is 10.7. The van der Waals surface area contributed by atoms with Gasteiger partial charge in [0.05, 0.1) is 7.11 Å². The molecule has 0 N–H and O–H groups in total. The molecule has 0 bridgehead atoms. The van der Waals surface area contributed by atoms with Crippen LogP contribution in [0.1, 0.15) is 34.6 Å². The molecule has 2 atom stereocenters. The number of carbonyl (C=O) groups excluding carboxylic acids is 1. The predicted octanol–water partition coefficient (Wildman–Crippen LogP) is 3.53. The molecular weight excluding hydrogens is 292 g/mol. The summed E-state index contributed by atoms with van der Waals surface area (Å²) in [4.78, 5) is 16.5. The summed E-state index contributed by atoms with van der Waals surface area (Å²) in [5, 5.41) is 0. The van der Waals surface area contributed by atoms with E-state index in [2.05, 4.69) is 24.8 Å². The van der Waals surface area contributed by atoms with E-state index in [0.29, 0.717) is 6.54 Å². The second-order valence-electron chi connectivity index (χ2n) is 7.18. The lowest BCUT2D eigenvalue weighted by atomic mass is 10.1. The van der Waals surface area contributed by atoms with Gasteiger partial charge in [-0.05, 0) is 46.8 Å². The summed E-state index contributed by atoms with van der Waals surface area (Å²) in [6.07, 6.45) is -0.234. The van der Waals surface area contributed by atoms with E-state index in [4.69, 9.17) is 9.47 Å². The van der Waals surface area contributed by atoms with Gasteiger partial charge in [-0.3, -0.25) is 0 Å². The SMILES string of the molecule is COc1cccc(N2CC(C)N(C(=O)OC(C)(C)C)CC2C)c1. The van der Waals surface area contributed by atoms with E-state index in [0.717, 1.165) is 18.0 Å². The number of benzene rings is 1. The zero-order valence-electron chi connectivity index (χ0n) is 15.0. The Kier molecular flexibility index (Phi) is 5.07. The van der Waals surface area contributed by atoms with Crippen molar-refractivity contribution in [3.8, 4) is 5.75 Å². The lowest BCUT2D eigenvalue weighted by molar-refractivity contribution is 0.0130. The molecule has 0 aromatic heterocycles. The molecule has 1 saturated heterocycles. The number of hydrogen-bond acceptors (Lipinski definition) is 4. The predicted molar refractivity (Wildman–Crippen MR) is 92.2 cm³/mol. The summed E-state index contributed by atoms with van der Waals surface area (Å²) in [5.74, 6) is 0.844. The second-order valence-corrected chi connectivity index (χ2v) is 7.18. The molecule has 1 fully saturated rings. The zero-order chi connectivity index (χ0) is 17.2. The summed E-state index contributed by atoms with van der Waals surface area (Å²) in [6, 6.07) is 8.35. The van der Waals surface area contributed by atoms with E-state index in [9.17, 15) is 4.79 Å². The maximum absolute atomic E-state index is 12.4. The van der Waals surface area contributed by atoms with Crippen molar-refractivity contribution in [1.29, 1.82) is 0 Å². The van der Waals surface area contributed by atoms with Crippen LogP contribution in [-0.4, -0.2) is 48.9 Å². The third kappa shape index (κ3) is 4.30. The van der Waals surface area contributed by atoms with E-state index in [1.54, 1.807) is 7.11 Å². The van der Waals surface area contributed by atoms with Crippen LogP contribution in [0.4, 0.5) is 10.5 Å². The Labute approximate surface area is 139 Å². The molecule has 5 nitrogen and oxygen atoms in total. The summed E-state index contributed by atoms with van der Waals surface area (Å²) < 4.78 is 10.8. The minimum absolute atomic E-state index is 0.0900. The van der Waals surface area contributed by atoms with Crippen molar-refractivity contribution in [1.82, 2.24) is 4.90 Å². The maximum Gasteiger partial charge on any atom is 0.410 e. The fourth-order valence-corrected chi connectivity index (χ4v) is 2.85. The number of rotatable bonds is 2. The van der Waals surface area contributed by atoms with Crippen molar-refractivity contribution in [2.24, 2.45) is 0 Å². The van der Waals surface area contributed by atoms with Gasteiger partial charge in [0.25, 0.3) is 0 Å². The minimum Gasteiger partial charge on any atom is -0.497 e. The van der Waals surface area contributed by atoms with Crippen LogP contribution < -0.4 is 9.64 Å². The molecule has 0 aliphatic carbocycles. The van der Waals surface area contributed by atoms with Crippen molar-refractivity contribution in [3.63, 3.8) is 0 Å². The smallest absolute Gasteiger partial charge is 0.410 e. The van der Waals surface area contributed by atoms with Crippen molar-refractivity contribution in [2.45, 2.75) is 52.3 Å². The van der Waals surface area contributed by atoms with Gasteiger partial charge in [0.2, 0.25) is 0 Å². The first kappa shape index (κ1) is 17.4. The molecule has 1 aliphatic heterocycles. The number of anilines is 1. The van der Waals surface area contributed by atoms with Crippen molar-refractivity contribution >= 4 is 11.8 Å². The average Bonchev–Trinajstić information content (AvgIpc) is 2.47. The highest BCUT2D eigenvalue weighted by Crippen LogP contribution is 2.27. The molecule has 1 aromatic rings. The Morgan fingerprint density at radius 1 is 1.17 bits per heavy atom. The first-order valence-corrected chi connectivity index (χ1v) is 8.11. The minimum atomic E-state index is -0.468. The van der Waals surface area contributed by atoms with Gasteiger partial charge in [-0.25, -0.2) is 4.79 Å². The van der Waals surface area contributed by atoms with Gasteiger partial charge in [0.15, 0.2) is 0 Å². The van der Waals surface area contributed by atoms with E-state index in [1.807, 2.05) is 43.9 Å².